The van der Waals surface area contributed by atoms with Gasteiger partial charge in [-0.2, -0.15) is 0 Å². The number of anilines is 3. The molecule has 1 amide bonds. The maximum Gasteiger partial charge on any atom is 0.277 e. The van der Waals surface area contributed by atoms with Gasteiger partial charge in [0.25, 0.3) is 5.91 Å². The van der Waals surface area contributed by atoms with Crippen molar-refractivity contribution in [1.82, 2.24) is 24.7 Å². The van der Waals surface area contributed by atoms with Gasteiger partial charge in [-0.1, -0.05) is 11.2 Å². The van der Waals surface area contributed by atoms with Crippen molar-refractivity contribution in [2.24, 2.45) is 0 Å². The second-order valence-corrected chi connectivity index (χ2v) is 7.39. The molecule has 0 unspecified atom stereocenters. The lowest BCUT2D eigenvalue weighted by molar-refractivity contribution is 0.101. The first-order valence-corrected chi connectivity index (χ1v) is 10.1. The first-order chi connectivity index (χ1) is 15.2. The Balaban J connectivity index is 1.24. The van der Waals surface area contributed by atoms with E-state index in [0.717, 1.165) is 10.6 Å². The number of rotatable bonds is 6. The third-order valence-corrected chi connectivity index (χ3v) is 5.23. The number of aromatic nitrogens is 5. The van der Waals surface area contributed by atoms with Crippen LogP contribution in [0, 0.1) is 0 Å². The van der Waals surface area contributed by atoms with Crippen molar-refractivity contribution >= 4 is 34.4 Å². The number of nitrogens with one attached hydrogen (secondary N) is 2. The largest absolute Gasteiger partial charge is 0.355 e. The molecule has 0 aliphatic heterocycles. The molecule has 0 saturated heterocycles. The summed E-state index contributed by atoms with van der Waals surface area (Å²) in [7, 11) is 0. The third kappa shape index (κ3) is 4.19. The highest BCUT2D eigenvalue weighted by molar-refractivity contribution is 7.13. The van der Waals surface area contributed by atoms with Crippen molar-refractivity contribution in [3.63, 3.8) is 0 Å². The molecule has 31 heavy (non-hydrogen) atoms. The molecule has 5 aromatic rings. The van der Waals surface area contributed by atoms with E-state index in [1.54, 1.807) is 35.3 Å². The van der Waals surface area contributed by atoms with E-state index in [0.29, 0.717) is 23.1 Å². The number of amides is 1. The first-order valence-electron chi connectivity index (χ1n) is 9.24. The van der Waals surface area contributed by atoms with Gasteiger partial charge in [-0.3, -0.25) is 9.36 Å². The van der Waals surface area contributed by atoms with E-state index in [4.69, 9.17) is 4.52 Å². The van der Waals surface area contributed by atoms with Crippen LogP contribution in [0.5, 0.6) is 0 Å². The summed E-state index contributed by atoms with van der Waals surface area (Å²) in [6.45, 7) is 0. The van der Waals surface area contributed by atoms with Gasteiger partial charge in [-0.05, 0) is 35.7 Å². The normalized spacial score (nSPS) is 10.7. The minimum absolute atomic E-state index is 0.221. The smallest absolute Gasteiger partial charge is 0.277 e. The molecule has 0 aliphatic carbocycles. The molecular formula is C21H15N7O2S. The number of hydrogen-bond donors (Lipinski definition) is 2. The quantitative estimate of drug-likeness (QED) is 0.412. The Morgan fingerprint density at radius 2 is 1.94 bits per heavy atom. The highest BCUT2D eigenvalue weighted by atomic mass is 32.1. The summed E-state index contributed by atoms with van der Waals surface area (Å²) in [5.74, 6) is 1.57. The second kappa shape index (κ2) is 8.20. The highest BCUT2D eigenvalue weighted by Crippen LogP contribution is 2.25. The molecule has 4 heterocycles. The van der Waals surface area contributed by atoms with Crippen LogP contribution >= 0.6 is 11.3 Å². The number of nitrogens with zero attached hydrogens (tertiary/aromatic N) is 5. The summed E-state index contributed by atoms with van der Waals surface area (Å²) in [6.07, 6.45) is 6.64. The molecule has 0 spiro atoms. The molecule has 0 radical (unpaired) electrons. The predicted molar refractivity (Wildman–Crippen MR) is 117 cm³/mol. The summed E-state index contributed by atoms with van der Waals surface area (Å²) in [6, 6.07) is 14.5. The zero-order valence-corrected chi connectivity index (χ0v) is 16.8. The van der Waals surface area contributed by atoms with Gasteiger partial charge in [0.05, 0.1) is 4.88 Å². The Morgan fingerprint density at radius 1 is 1.06 bits per heavy atom. The molecule has 1 aromatic carbocycles. The minimum atomic E-state index is -0.340. The fourth-order valence-corrected chi connectivity index (χ4v) is 3.52. The minimum Gasteiger partial charge on any atom is -0.355 e. The van der Waals surface area contributed by atoms with Gasteiger partial charge >= 0.3 is 0 Å². The monoisotopic (exact) mass is 429 g/mol. The Labute approximate surface area is 180 Å². The van der Waals surface area contributed by atoms with Crippen molar-refractivity contribution in [2.45, 2.75) is 0 Å². The molecule has 0 bridgehead atoms. The van der Waals surface area contributed by atoms with Gasteiger partial charge in [0.1, 0.15) is 24.3 Å². The Bertz CT molecular complexity index is 1300. The van der Waals surface area contributed by atoms with E-state index in [9.17, 15) is 4.79 Å². The number of hydrogen-bond acceptors (Lipinski definition) is 8. The van der Waals surface area contributed by atoms with Crippen LogP contribution in [-0.4, -0.2) is 30.6 Å². The van der Waals surface area contributed by atoms with Crippen LogP contribution < -0.4 is 10.6 Å². The molecule has 152 valence electrons. The molecule has 0 saturated carbocycles. The van der Waals surface area contributed by atoms with E-state index in [2.05, 4.69) is 30.7 Å². The van der Waals surface area contributed by atoms with Crippen LogP contribution in [0.25, 0.3) is 16.5 Å². The number of imidazole rings is 1. The van der Waals surface area contributed by atoms with Gasteiger partial charge in [0, 0.05) is 35.9 Å². The maximum absolute atomic E-state index is 12.5. The standard InChI is InChI=1S/C21H15N7O2S/c29-21(16-10-17(30-27-16)18-2-1-9-31-18)26-15-5-3-14(4-6-15)25-19-11-20(24-12-23-19)28-8-7-22-13-28/h1-13H,(H,26,29)(H,23,24,25). The Morgan fingerprint density at radius 3 is 2.71 bits per heavy atom. The Hall–Kier alpha value is -4.31. The average molecular weight is 429 g/mol. The number of carbonyl (C=O) groups excluding carboxylic acids is 1. The molecule has 4 aromatic heterocycles. The van der Waals surface area contributed by atoms with E-state index < -0.39 is 0 Å². The van der Waals surface area contributed by atoms with Gasteiger partial charge < -0.3 is 15.2 Å². The summed E-state index contributed by atoms with van der Waals surface area (Å²) in [5.41, 5.74) is 1.67. The molecule has 0 aliphatic rings. The van der Waals surface area contributed by atoms with Gasteiger partial charge in [0.2, 0.25) is 0 Å². The van der Waals surface area contributed by atoms with Crippen LogP contribution in [0.1, 0.15) is 10.5 Å². The molecule has 5 rings (SSSR count). The molecule has 0 atom stereocenters. The fourth-order valence-electron chi connectivity index (χ4n) is 2.85. The molecule has 2 N–H and O–H groups in total. The van der Waals surface area contributed by atoms with Crippen molar-refractivity contribution in [2.75, 3.05) is 10.6 Å². The second-order valence-electron chi connectivity index (χ2n) is 6.44. The summed E-state index contributed by atoms with van der Waals surface area (Å²) in [5, 5.41) is 11.8. The SMILES string of the molecule is O=C(Nc1ccc(Nc2cc(-n3ccnc3)ncn2)cc1)c1cc(-c2cccs2)on1. The van der Waals surface area contributed by atoms with Crippen LogP contribution in [-0.2, 0) is 0 Å². The van der Waals surface area contributed by atoms with E-state index in [1.165, 1.54) is 17.7 Å². The molecule has 9 nitrogen and oxygen atoms in total. The van der Waals surface area contributed by atoms with E-state index in [1.807, 2.05) is 41.9 Å². The van der Waals surface area contributed by atoms with Gasteiger partial charge in [-0.25, -0.2) is 15.0 Å². The van der Waals surface area contributed by atoms with Crippen LogP contribution in [0.4, 0.5) is 17.2 Å². The zero-order chi connectivity index (χ0) is 21.0. The van der Waals surface area contributed by atoms with E-state index in [-0.39, 0.29) is 11.6 Å². The fraction of sp³-hybridized carbons (Fsp3) is 0. The Kier molecular flexibility index (Phi) is 4.95. The summed E-state index contributed by atoms with van der Waals surface area (Å²) < 4.78 is 7.05. The molecular weight excluding hydrogens is 414 g/mol. The third-order valence-electron chi connectivity index (χ3n) is 4.34. The van der Waals surface area contributed by atoms with Crippen molar-refractivity contribution in [3.05, 3.63) is 84.7 Å². The zero-order valence-electron chi connectivity index (χ0n) is 16.0. The lowest BCUT2D eigenvalue weighted by Gasteiger charge is -2.08. The number of carbonyl (C=O) groups is 1. The van der Waals surface area contributed by atoms with Crippen LogP contribution in [0.15, 0.2) is 83.5 Å². The first kappa shape index (κ1) is 18.7. The van der Waals surface area contributed by atoms with Crippen molar-refractivity contribution < 1.29 is 9.32 Å². The lowest BCUT2D eigenvalue weighted by Crippen LogP contribution is -2.12. The topological polar surface area (TPSA) is 111 Å². The average Bonchev–Trinajstić information content (AvgIpc) is 3.57. The molecule has 10 heteroatoms. The van der Waals surface area contributed by atoms with Crippen molar-refractivity contribution in [3.8, 4) is 16.5 Å². The lowest BCUT2D eigenvalue weighted by atomic mass is 10.2. The summed E-state index contributed by atoms with van der Waals surface area (Å²) >= 11 is 1.52. The molecule has 0 fully saturated rings. The summed E-state index contributed by atoms with van der Waals surface area (Å²) in [4.78, 5) is 25.9. The highest BCUT2D eigenvalue weighted by Gasteiger charge is 2.14. The van der Waals surface area contributed by atoms with Crippen LogP contribution in [0.3, 0.4) is 0 Å². The number of thiophene rings is 1. The van der Waals surface area contributed by atoms with Gasteiger partial charge in [-0.15, -0.1) is 11.3 Å². The van der Waals surface area contributed by atoms with Crippen molar-refractivity contribution in [1.29, 1.82) is 0 Å². The van der Waals surface area contributed by atoms with E-state index >= 15 is 0 Å². The number of benzene rings is 1. The van der Waals surface area contributed by atoms with Gasteiger partial charge in [0.15, 0.2) is 11.5 Å². The van der Waals surface area contributed by atoms with Crippen LogP contribution in [0.2, 0.25) is 0 Å². The maximum atomic E-state index is 12.5. The predicted octanol–water partition coefficient (Wildman–Crippen LogP) is 4.37.